The summed E-state index contributed by atoms with van der Waals surface area (Å²) in [6.45, 7) is 0.119. The lowest BCUT2D eigenvalue weighted by molar-refractivity contribution is -0.121. The SMILES string of the molecule is COCC(=O)Cc1cnccc1N. The van der Waals surface area contributed by atoms with Gasteiger partial charge in [0.2, 0.25) is 0 Å². The molecule has 70 valence electrons. The Labute approximate surface area is 76.7 Å². The second-order valence-electron chi connectivity index (χ2n) is 2.72. The van der Waals surface area contributed by atoms with Gasteiger partial charge in [0, 0.05) is 37.2 Å². The molecule has 13 heavy (non-hydrogen) atoms. The van der Waals surface area contributed by atoms with E-state index in [9.17, 15) is 4.79 Å². The van der Waals surface area contributed by atoms with Gasteiger partial charge in [0.1, 0.15) is 6.61 Å². The Morgan fingerprint density at radius 1 is 1.69 bits per heavy atom. The summed E-state index contributed by atoms with van der Waals surface area (Å²) in [6.07, 6.45) is 3.48. The van der Waals surface area contributed by atoms with Gasteiger partial charge < -0.3 is 10.5 Å². The molecule has 0 saturated carbocycles. The predicted octanol–water partition coefficient (Wildman–Crippen LogP) is 0.422. The summed E-state index contributed by atoms with van der Waals surface area (Å²) >= 11 is 0. The van der Waals surface area contributed by atoms with Gasteiger partial charge >= 0.3 is 0 Å². The molecule has 0 amide bonds. The van der Waals surface area contributed by atoms with E-state index < -0.39 is 0 Å². The summed E-state index contributed by atoms with van der Waals surface area (Å²) in [5, 5.41) is 0. The van der Waals surface area contributed by atoms with Crippen LogP contribution in [0.25, 0.3) is 0 Å². The van der Waals surface area contributed by atoms with Crippen molar-refractivity contribution in [3.05, 3.63) is 24.0 Å². The van der Waals surface area contributed by atoms with Crippen molar-refractivity contribution in [3.63, 3.8) is 0 Å². The first-order valence-corrected chi connectivity index (χ1v) is 3.93. The molecule has 0 aliphatic heterocycles. The highest BCUT2D eigenvalue weighted by Gasteiger charge is 2.05. The van der Waals surface area contributed by atoms with E-state index in [1.807, 2.05) is 0 Å². The van der Waals surface area contributed by atoms with Crippen LogP contribution in [-0.4, -0.2) is 24.5 Å². The molecule has 0 saturated heterocycles. The minimum atomic E-state index is 0.00204. The Balaban J connectivity index is 2.63. The van der Waals surface area contributed by atoms with Crippen molar-refractivity contribution in [1.29, 1.82) is 0 Å². The maximum absolute atomic E-state index is 11.2. The van der Waals surface area contributed by atoms with Crippen molar-refractivity contribution in [3.8, 4) is 0 Å². The van der Waals surface area contributed by atoms with Gasteiger partial charge in [-0.1, -0.05) is 0 Å². The van der Waals surface area contributed by atoms with Crippen LogP contribution in [0.3, 0.4) is 0 Å². The van der Waals surface area contributed by atoms with Crippen LogP contribution in [0, 0.1) is 0 Å². The Kier molecular flexibility index (Phi) is 3.40. The van der Waals surface area contributed by atoms with Crippen molar-refractivity contribution >= 4 is 11.5 Å². The van der Waals surface area contributed by atoms with Crippen molar-refractivity contribution in [2.45, 2.75) is 6.42 Å². The lowest BCUT2D eigenvalue weighted by Gasteiger charge is -2.02. The largest absolute Gasteiger partial charge is 0.398 e. The van der Waals surface area contributed by atoms with Gasteiger partial charge in [0.25, 0.3) is 0 Å². The van der Waals surface area contributed by atoms with Gasteiger partial charge in [-0.05, 0) is 6.07 Å². The third kappa shape index (κ3) is 2.83. The van der Waals surface area contributed by atoms with Gasteiger partial charge in [-0.2, -0.15) is 0 Å². The van der Waals surface area contributed by atoms with Crippen LogP contribution >= 0.6 is 0 Å². The Morgan fingerprint density at radius 3 is 3.08 bits per heavy atom. The number of hydrogen-bond donors (Lipinski definition) is 1. The molecule has 1 rings (SSSR count). The summed E-state index contributed by atoms with van der Waals surface area (Å²) in [5.74, 6) is 0.00204. The molecule has 2 N–H and O–H groups in total. The van der Waals surface area contributed by atoms with E-state index in [-0.39, 0.29) is 18.8 Å². The molecule has 4 nitrogen and oxygen atoms in total. The molecular weight excluding hydrogens is 168 g/mol. The lowest BCUT2D eigenvalue weighted by Crippen LogP contribution is -2.11. The minimum absolute atomic E-state index is 0.00204. The fraction of sp³-hybridized carbons (Fsp3) is 0.333. The smallest absolute Gasteiger partial charge is 0.162 e. The zero-order chi connectivity index (χ0) is 9.68. The van der Waals surface area contributed by atoms with Gasteiger partial charge in [-0.3, -0.25) is 9.78 Å². The number of rotatable bonds is 4. The molecule has 0 spiro atoms. The summed E-state index contributed by atoms with van der Waals surface area (Å²) in [6, 6.07) is 1.68. The number of nitrogens with two attached hydrogens (primary N) is 1. The number of ether oxygens (including phenoxy) is 1. The number of carbonyl (C=O) groups excluding carboxylic acids is 1. The molecule has 1 aromatic heterocycles. The third-order valence-electron chi connectivity index (χ3n) is 1.63. The third-order valence-corrected chi connectivity index (χ3v) is 1.63. The monoisotopic (exact) mass is 180 g/mol. The molecule has 0 bridgehead atoms. The Hall–Kier alpha value is -1.42. The normalized spacial score (nSPS) is 9.92. The number of aromatic nitrogens is 1. The molecule has 0 aromatic carbocycles. The molecule has 4 heteroatoms. The standard InChI is InChI=1S/C9H12N2O2/c1-13-6-8(12)4-7-5-11-3-2-9(7)10/h2-3,5H,4,6H2,1H3,(H2,10,11). The Bertz CT molecular complexity index is 299. The number of Topliss-reactive ketones (excluding diaryl/α,β-unsaturated/α-hetero) is 1. The first-order chi connectivity index (χ1) is 6.24. The minimum Gasteiger partial charge on any atom is -0.398 e. The maximum atomic E-state index is 11.2. The summed E-state index contributed by atoms with van der Waals surface area (Å²) in [7, 11) is 1.49. The number of nitrogens with zero attached hydrogens (tertiary/aromatic N) is 1. The van der Waals surface area contributed by atoms with Gasteiger partial charge in [0.05, 0.1) is 0 Å². The van der Waals surface area contributed by atoms with Gasteiger partial charge in [0.15, 0.2) is 5.78 Å². The van der Waals surface area contributed by atoms with Crippen molar-refractivity contribution < 1.29 is 9.53 Å². The van der Waals surface area contributed by atoms with E-state index in [0.717, 1.165) is 5.56 Å². The van der Waals surface area contributed by atoms with Crippen molar-refractivity contribution in [2.75, 3.05) is 19.5 Å². The van der Waals surface area contributed by atoms with Crippen LogP contribution in [0.15, 0.2) is 18.5 Å². The number of ketones is 1. The number of nitrogen functional groups attached to an aromatic ring is 1. The summed E-state index contributed by atoms with van der Waals surface area (Å²) in [4.78, 5) is 15.0. The fourth-order valence-electron chi connectivity index (χ4n) is 1.01. The highest BCUT2D eigenvalue weighted by molar-refractivity contribution is 5.83. The molecule has 0 aliphatic rings. The average Bonchev–Trinajstić information content (AvgIpc) is 2.09. The number of carbonyl (C=O) groups is 1. The van der Waals surface area contributed by atoms with Crippen LogP contribution in [-0.2, 0) is 16.0 Å². The van der Waals surface area contributed by atoms with Crippen LogP contribution in [0.2, 0.25) is 0 Å². The zero-order valence-corrected chi connectivity index (χ0v) is 7.49. The molecule has 0 atom stereocenters. The number of anilines is 1. The van der Waals surface area contributed by atoms with Crippen LogP contribution in [0.4, 0.5) is 5.69 Å². The predicted molar refractivity (Wildman–Crippen MR) is 49.2 cm³/mol. The highest BCUT2D eigenvalue weighted by Crippen LogP contribution is 2.09. The van der Waals surface area contributed by atoms with E-state index in [1.165, 1.54) is 7.11 Å². The molecule has 0 fully saturated rings. The number of hydrogen-bond acceptors (Lipinski definition) is 4. The van der Waals surface area contributed by atoms with E-state index in [4.69, 9.17) is 10.5 Å². The van der Waals surface area contributed by atoms with Crippen molar-refractivity contribution in [2.24, 2.45) is 0 Å². The second-order valence-corrected chi connectivity index (χ2v) is 2.72. The average molecular weight is 180 g/mol. The van der Waals surface area contributed by atoms with Crippen LogP contribution < -0.4 is 5.73 Å². The first kappa shape index (κ1) is 9.67. The van der Waals surface area contributed by atoms with Crippen LogP contribution in [0.1, 0.15) is 5.56 Å². The Morgan fingerprint density at radius 2 is 2.46 bits per heavy atom. The number of pyridine rings is 1. The summed E-state index contributed by atoms with van der Waals surface area (Å²) < 4.78 is 4.70. The topological polar surface area (TPSA) is 65.2 Å². The maximum Gasteiger partial charge on any atom is 0.162 e. The van der Waals surface area contributed by atoms with E-state index in [2.05, 4.69) is 4.98 Å². The van der Waals surface area contributed by atoms with Gasteiger partial charge in [-0.25, -0.2) is 0 Å². The molecule has 1 heterocycles. The fourth-order valence-corrected chi connectivity index (χ4v) is 1.01. The molecular formula is C9H12N2O2. The van der Waals surface area contributed by atoms with Gasteiger partial charge in [-0.15, -0.1) is 0 Å². The lowest BCUT2D eigenvalue weighted by atomic mass is 10.1. The van der Waals surface area contributed by atoms with E-state index in [1.54, 1.807) is 18.5 Å². The molecule has 0 unspecified atom stereocenters. The van der Waals surface area contributed by atoms with E-state index in [0.29, 0.717) is 5.69 Å². The molecule has 0 aliphatic carbocycles. The number of methoxy groups -OCH3 is 1. The van der Waals surface area contributed by atoms with Crippen LogP contribution in [0.5, 0.6) is 0 Å². The highest BCUT2D eigenvalue weighted by atomic mass is 16.5. The molecule has 1 aromatic rings. The van der Waals surface area contributed by atoms with E-state index >= 15 is 0 Å². The second kappa shape index (κ2) is 4.57. The zero-order valence-electron chi connectivity index (χ0n) is 7.49. The van der Waals surface area contributed by atoms with Crippen molar-refractivity contribution in [1.82, 2.24) is 4.98 Å². The first-order valence-electron chi connectivity index (χ1n) is 3.93. The molecule has 0 radical (unpaired) electrons. The summed E-state index contributed by atoms with van der Waals surface area (Å²) in [5.41, 5.74) is 6.98. The quantitative estimate of drug-likeness (QED) is 0.729.